The van der Waals surface area contributed by atoms with Gasteiger partial charge in [-0.3, -0.25) is 10.1 Å². The first-order chi connectivity index (χ1) is 8.20. The third-order valence-corrected chi connectivity index (χ3v) is 5.08. The van der Waals surface area contributed by atoms with E-state index in [1.807, 2.05) is 0 Å². The molecule has 0 heterocycles. The summed E-state index contributed by atoms with van der Waals surface area (Å²) in [5, 5.41) is 29.0. The molecule has 0 unspecified atom stereocenters. The zero-order valence-electron chi connectivity index (χ0n) is 8.11. The molecule has 1 rings (SSSR count). The number of benzene rings is 1. The number of carboxylic acid groups (broad SMARTS) is 2. The molecule has 1 aromatic rings. The predicted octanol–water partition coefficient (Wildman–Crippen LogP) is 2.81. The van der Waals surface area contributed by atoms with E-state index in [1.54, 1.807) is 22.6 Å². The van der Waals surface area contributed by atoms with E-state index in [9.17, 15) is 19.7 Å². The highest BCUT2D eigenvalue weighted by Gasteiger charge is 2.32. The Bertz CT molecular complexity index is 483. The van der Waals surface area contributed by atoms with E-state index in [-0.39, 0.29) is 21.8 Å². The number of nitro benzene ring substituents is 1. The smallest absolute Gasteiger partial charge is 0.338 e. The lowest BCUT2D eigenvalue weighted by Crippen LogP contribution is -2.14. The van der Waals surface area contributed by atoms with Gasteiger partial charge in [0.1, 0.15) is 7.14 Å². The number of nitro groups is 1. The quantitative estimate of drug-likeness (QED) is 0.319. The van der Waals surface area contributed by atoms with Gasteiger partial charge in [-0.05, 0) is 67.8 Å². The molecule has 2 N–H and O–H groups in total. The highest BCUT2D eigenvalue weighted by molar-refractivity contribution is 14.1. The van der Waals surface area contributed by atoms with Crippen LogP contribution in [0.1, 0.15) is 20.7 Å². The second kappa shape index (κ2) is 5.81. The Balaban J connectivity index is 3.94. The number of hydrogen-bond acceptors (Lipinski definition) is 4. The Morgan fingerprint density at radius 1 is 0.944 bits per heavy atom. The summed E-state index contributed by atoms with van der Waals surface area (Å²) >= 11 is 4.64. The van der Waals surface area contributed by atoms with Gasteiger partial charge in [0, 0.05) is 3.57 Å². The van der Waals surface area contributed by atoms with Crippen LogP contribution in [0.5, 0.6) is 0 Å². The van der Waals surface area contributed by atoms with Crippen LogP contribution < -0.4 is 0 Å². The Kier molecular flexibility index (Phi) is 5.10. The van der Waals surface area contributed by atoms with Crippen LogP contribution in [-0.2, 0) is 0 Å². The summed E-state index contributed by atoms with van der Waals surface area (Å²) in [5.74, 6) is -2.79. The molecule has 0 saturated carbocycles. The van der Waals surface area contributed by atoms with Gasteiger partial charge in [-0.25, -0.2) is 9.59 Å². The number of hydrogen-bond donors (Lipinski definition) is 2. The van der Waals surface area contributed by atoms with E-state index in [0.717, 1.165) is 0 Å². The van der Waals surface area contributed by atoms with E-state index in [0.29, 0.717) is 0 Å². The molecule has 1 aromatic carbocycles. The van der Waals surface area contributed by atoms with Crippen LogP contribution in [-0.4, -0.2) is 27.1 Å². The fraction of sp³-hybridized carbons (Fsp3) is 0. The van der Waals surface area contributed by atoms with Crippen molar-refractivity contribution in [2.24, 2.45) is 0 Å². The zero-order chi connectivity index (χ0) is 14.2. The van der Waals surface area contributed by atoms with Crippen molar-refractivity contribution in [2.45, 2.75) is 0 Å². The van der Waals surface area contributed by atoms with E-state index >= 15 is 0 Å². The first-order valence-electron chi connectivity index (χ1n) is 4.01. The zero-order valence-corrected chi connectivity index (χ0v) is 14.6. The molecule has 0 aliphatic rings. The third kappa shape index (κ3) is 2.68. The summed E-state index contributed by atoms with van der Waals surface area (Å²) in [4.78, 5) is 32.3. The van der Waals surface area contributed by atoms with E-state index in [4.69, 9.17) is 10.2 Å². The Morgan fingerprint density at radius 2 is 1.28 bits per heavy atom. The van der Waals surface area contributed by atoms with E-state index in [2.05, 4.69) is 0 Å². The number of nitrogens with zero attached hydrogens (tertiary/aromatic N) is 1. The van der Waals surface area contributed by atoms with Gasteiger partial charge in [-0.1, -0.05) is 0 Å². The minimum absolute atomic E-state index is 0.0213. The molecule has 0 radical (unpaired) electrons. The van der Waals surface area contributed by atoms with E-state index < -0.39 is 22.5 Å². The summed E-state index contributed by atoms with van der Waals surface area (Å²) in [6.45, 7) is 0. The van der Waals surface area contributed by atoms with Crippen LogP contribution in [0, 0.1) is 20.8 Å². The van der Waals surface area contributed by atoms with Gasteiger partial charge in [-0.2, -0.15) is 0 Å². The molecular weight excluding hydrogens is 587 g/mol. The van der Waals surface area contributed by atoms with Crippen LogP contribution in [0.3, 0.4) is 0 Å². The average Bonchev–Trinajstić information content (AvgIpc) is 2.14. The van der Waals surface area contributed by atoms with Crippen molar-refractivity contribution in [3.63, 3.8) is 0 Å². The summed E-state index contributed by atoms with van der Waals surface area (Å²) < 4.78 is -0.181. The second-order valence-corrected chi connectivity index (χ2v) is 6.14. The summed E-state index contributed by atoms with van der Waals surface area (Å²) in [7, 11) is 0. The lowest BCUT2D eigenvalue weighted by molar-refractivity contribution is -0.386. The lowest BCUT2D eigenvalue weighted by atomic mass is 10.1. The highest BCUT2D eigenvalue weighted by Crippen LogP contribution is 2.36. The summed E-state index contributed by atoms with van der Waals surface area (Å²) in [6.07, 6.45) is 0. The van der Waals surface area contributed by atoms with Crippen molar-refractivity contribution in [3.05, 3.63) is 32.0 Å². The van der Waals surface area contributed by atoms with Gasteiger partial charge < -0.3 is 10.2 Å². The molecular formula is C8H2I3NO6. The molecule has 7 nitrogen and oxygen atoms in total. The van der Waals surface area contributed by atoms with Gasteiger partial charge in [0.2, 0.25) is 0 Å². The number of carboxylic acids is 2. The van der Waals surface area contributed by atoms with Crippen LogP contribution in [0.4, 0.5) is 5.69 Å². The number of halogens is 3. The second-order valence-electron chi connectivity index (χ2n) is 2.91. The molecule has 0 aliphatic heterocycles. The van der Waals surface area contributed by atoms with Gasteiger partial charge in [-0.15, -0.1) is 0 Å². The molecule has 0 fully saturated rings. The standard InChI is InChI=1S/C8H2I3NO6/c9-3-1(7(13)14)4(10)6(12(17)18)5(11)2(3)8(15)16/h(H,13,14)(H,15,16). The van der Waals surface area contributed by atoms with Crippen LogP contribution in [0.15, 0.2) is 0 Å². The maximum absolute atomic E-state index is 11.1. The van der Waals surface area contributed by atoms with Crippen LogP contribution >= 0.6 is 67.8 Å². The first-order valence-corrected chi connectivity index (χ1v) is 7.25. The predicted molar refractivity (Wildman–Crippen MR) is 85.2 cm³/mol. The number of carbonyl (C=O) groups is 2. The van der Waals surface area contributed by atoms with Crippen LogP contribution in [0.2, 0.25) is 0 Å². The first kappa shape index (κ1) is 15.8. The van der Waals surface area contributed by atoms with Gasteiger partial charge >= 0.3 is 11.9 Å². The average molecular weight is 589 g/mol. The molecule has 10 heteroatoms. The van der Waals surface area contributed by atoms with Crippen molar-refractivity contribution >= 4 is 85.4 Å². The van der Waals surface area contributed by atoms with Crippen LogP contribution in [0.25, 0.3) is 0 Å². The number of rotatable bonds is 3. The van der Waals surface area contributed by atoms with E-state index in [1.165, 1.54) is 45.2 Å². The molecule has 0 spiro atoms. The van der Waals surface area contributed by atoms with Crippen molar-refractivity contribution in [1.29, 1.82) is 0 Å². The fourth-order valence-corrected chi connectivity index (χ4v) is 5.67. The topological polar surface area (TPSA) is 118 Å². The summed E-state index contributed by atoms with van der Waals surface area (Å²) in [5.41, 5.74) is -1.21. The third-order valence-electron chi connectivity index (χ3n) is 1.90. The molecule has 0 bridgehead atoms. The Hall–Kier alpha value is -0.250. The van der Waals surface area contributed by atoms with Crippen molar-refractivity contribution in [3.8, 4) is 0 Å². The SMILES string of the molecule is O=C(O)c1c(I)c(C(=O)O)c(I)c([N+](=O)[O-])c1I. The Morgan fingerprint density at radius 3 is 1.50 bits per heavy atom. The van der Waals surface area contributed by atoms with Crippen molar-refractivity contribution < 1.29 is 24.7 Å². The maximum Gasteiger partial charge on any atom is 0.338 e. The normalized spacial score (nSPS) is 10.2. The molecule has 0 amide bonds. The highest BCUT2D eigenvalue weighted by atomic mass is 127. The lowest BCUT2D eigenvalue weighted by Gasteiger charge is -2.09. The van der Waals surface area contributed by atoms with Gasteiger partial charge in [0.15, 0.2) is 0 Å². The van der Waals surface area contributed by atoms with Crippen molar-refractivity contribution in [1.82, 2.24) is 0 Å². The van der Waals surface area contributed by atoms with Gasteiger partial charge in [0.05, 0.1) is 16.1 Å². The van der Waals surface area contributed by atoms with Gasteiger partial charge in [0.25, 0.3) is 5.69 Å². The monoisotopic (exact) mass is 589 g/mol. The maximum atomic E-state index is 11.1. The number of aromatic carboxylic acids is 2. The minimum Gasteiger partial charge on any atom is -0.478 e. The fourth-order valence-electron chi connectivity index (χ4n) is 1.19. The largest absolute Gasteiger partial charge is 0.478 e. The molecule has 0 saturated heterocycles. The molecule has 0 aromatic heterocycles. The molecule has 0 atom stereocenters. The van der Waals surface area contributed by atoms with Crippen molar-refractivity contribution in [2.75, 3.05) is 0 Å². The Labute approximate surface area is 141 Å². The summed E-state index contributed by atoms with van der Waals surface area (Å²) in [6, 6.07) is 0. The molecule has 96 valence electrons. The minimum atomic E-state index is -1.40. The molecule has 18 heavy (non-hydrogen) atoms. The molecule has 0 aliphatic carbocycles.